The number of nitrogens with zero attached hydrogens (tertiary/aromatic N) is 1. The fourth-order valence-electron chi connectivity index (χ4n) is 4.74. The molecule has 3 heterocycles. The predicted molar refractivity (Wildman–Crippen MR) is 113 cm³/mol. The number of carbonyl (C=O) groups is 2. The third-order valence-electron chi connectivity index (χ3n) is 6.18. The summed E-state index contributed by atoms with van der Waals surface area (Å²) in [6, 6.07) is 15.2. The third kappa shape index (κ3) is 2.76. The topological polar surface area (TPSA) is 65.2 Å². The molecule has 3 aromatic rings. The lowest BCUT2D eigenvalue weighted by atomic mass is 9.90. The first-order chi connectivity index (χ1) is 14.1. The van der Waals surface area contributed by atoms with E-state index in [1.54, 1.807) is 4.90 Å². The van der Waals surface area contributed by atoms with Crippen molar-refractivity contribution in [1.82, 2.24) is 15.2 Å². The molecule has 0 fully saturated rings. The molecule has 1 aromatic heterocycles. The quantitative estimate of drug-likeness (QED) is 0.715. The molecule has 0 saturated carbocycles. The Morgan fingerprint density at radius 1 is 1.17 bits per heavy atom. The second-order valence-electron chi connectivity index (χ2n) is 8.46. The Balaban J connectivity index is 1.61. The van der Waals surface area contributed by atoms with E-state index in [1.165, 1.54) is 0 Å². The Kier molecular flexibility index (Phi) is 4.19. The van der Waals surface area contributed by atoms with Crippen LogP contribution < -0.4 is 5.32 Å². The smallest absolute Gasteiger partial charge is 0.255 e. The van der Waals surface area contributed by atoms with Gasteiger partial charge < -0.3 is 15.2 Å². The van der Waals surface area contributed by atoms with Crippen LogP contribution in [0.5, 0.6) is 0 Å². The van der Waals surface area contributed by atoms with Gasteiger partial charge >= 0.3 is 0 Å². The van der Waals surface area contributed by atoms with E-state index in [2.05, 4.69) is 36.3 Å². The van der Waals surface area contributed by atoms with Crippen molar-refractivity contribution in [3.63, 3.8) is 0 Å². The van der Waals surface area contributed by atoms with Gasteiger partial charge in [-0.2, -0.15) is 0 Å². The molecule has 2 aromatic carbocycles. The molecule has 0 saturated heterocycles. The second-order valence-corrected chi connectivity index (χ2v) is 8.46. The number of amides is 2. The largest absolute Gasteiger partial charge is 0.356 e. The molecule has 2 aliphatic rings. The Morgan fingerprint density at radius 3 is 2.76 bits per heavy atom. The Morgan fingerprint density at radius 2 is 1.93 bits per heavy atom. The zero-order valence-electron chi connectivity index (χ0n) is 16.7. The van der Waals surface area contributed by atoms with E-state index in [0.29, 0.717) is 24.4 Å². The normalized spacial score (nSPS) is 20.0. The number of carbonyl (C=O) groups excluding carboxylic acids is 2. The maximum absolute atomic E-state index is 13.3. The highest BCUT2D eigenvalue weighted by atomic mass is 16.2. The maximum atomic E-state index is 13.3. The molecule has 0 radical (unpaired) electrons. The van der Waals surface area contributed by atoms with E-state index >= 15 is 0 Å². The fraction of sp³-hybridized carbons (Fsp3) is 0.333. The molecule has 2 amide bonds. The van der Waals surface area contributed by atoms with Gasteiger partial charge in [-0.1, -0.05) is 50.2 Å². The molecule has 29 heavy (non-hydrogen) atoms. The number of H-pyrrole nitrogens is 1. The van der Waals surface area contributed by atoms with Crippen molar-refractivity contribution in [3.05, 3.63) is 70.9 Å². The second kappa shape index (κ2) is 6.76. The first-order valence-electron chi connectivity index (χ1n) is 10.3. The predicted octanol–water partition coefficient (Wildman–Crippen LogP) is 3.80. The van der Waals surface area contributed by atoms with Crippen LogP contribution in [0, 0.1) is 5.92 Å². The van der Waals surface area contributed by atoms with Crippen molar-refractivity contribution in [2.45, 2.75) is 38.8 Å². The zero-order valence-corrected chi connectivity index (χ0v) is 16.7. The number of benzene rings is 2. The third-order valence-corrected chi connectivity index (χ3v) is 6.18. The minimum absolute atomic E-state index is 0.0566. The van der Waals surface area contributed by atoms with E-state index < -0.39 is 6.04 Å². The molecule has 2 aliphatic heterocycles. The Labute approximate surface area is 170 Å². The van der Waals surface area contributed by atoms with Crippen molar-refractivity contribution >= 4 is 22.7 Å². The lowest BCUT2D eigenvalue weighted by Crippen LogP contribution is -2.52. The summed E-state index contributed by atoms with van der Waals surface area (Å²) in [4.78, 5) is 31.8. The number of aromatic nitrogens is 1. The van der Waals surface area contributed by atoms with Crippen molar-refractivity contribution in [3.8, 4) is 0 Å². The van der Waals surface area contributed by atoms with Gasteiger partial charge in [0, 0.05) is 35.1 Å². The molecule has 5 heteroatoms. The molecule has 0 bridgehead atoms. The molecule has 5 rings (SSSR count). The summed E-state index contributed by atoms with van der Waals surface area (Å²) in [5, 5.41) is 4.21. The van der Waals surface area contributed by atoms with Gasteiger partial charge in [-0.3, -0.25) is 9.59 Å². The van der Waals surface area contributed by atoms with E-state index in [4.69, 9.17) is 0 Å². The molecule has 5 nitrogen and oxygen atoms in total. The van der Waals surface area contributed by atoms with E-state index in [1.807, 2.05) is 36.4 Å². The molecule has 0 spiro atoms. The van der Waals surface area contributed by atoms with Crippen LogP contribution >= 0.6 is 0 Å². The Hall–Kier alpha value is -3.08. The molecule has 0 aliphatic carbocycles. The van der Waals surface area contributed by atoms with E-state index in [0.717, 1.165) is 34.1 Å². The Bertz CT molecular complexity index is 1110. The molecule has 0 unspecified atom stereocenters. The molecule has 148 valence electrons. The number of hydrogen-bond acceptors (Lipinski definition) is 2. The molecule has 2 atom stereocenters. The maximum Gasteiger partial charge on any atom is 0.255 e. The van der Waals surface area contributed by atoms with Crippen LogP contribution in [0.25, 0.3) is 10.9 Å². The van der Waals surface area contributed by atoms with Gasteiger partial charge in [0.1, 0.15) is 6.04 Å². The van der Waals surface area contributed by atoms with Gasteiger partial charge in [-0.05, 0) is 35.6 Å². The number of rotatable bonds is 4. The first-order valence-corrected chi connectivity index (χ1v) is 10.3. The average molecular weight is 387 g/mol. The van der Waals surface area contributed by atoms with Crippen molar-refractivity contribution in [2.24, 2.45) is 5.92 Å². The van der Waals surface area contributed by atoms with E-state index in [-0.39, 0.29) is 17.9 Å². The summed E-state index contributed by atoms with van der Waals surface area (Å²) in [6.45, 7) is 4.91. The summed E-state index contributed by atoms with van der Waals surface area (Å²) in [6.07, 6.45) is 1.46. The summed E-state index contributed by atoms with van der Waals surface area (Å²) in [5.74, 6) is 0.402. The standard InChI is InChI=1S/C24H25N3O2/c1-14(2)11-12-25-23(28)20-13-18-15-7-5-6-10-19(15)26-21(18)22-16-8-3-4-9-17(16)24(29)27(20)22/h3-10,14,20,22,26H,11-13H2,1-2H3,(H,25,28)/t20-,22+/m0/s1. The van der Waals surface area contributed by atoms with Crippen molar-refractivity contribution in [2.75, 3.05) is 6.54 Å². The summed E-state index contributed by atoms with van der Waals surface area (Å²) in [7, 11) is 0. The highest BCUT2D eigenvalue weighted by Crippen LogP contribution is 2.46. The number of para-hydroxylation sites is 1. The molecular weight excluding hydrogens is 362 g/mol. The molecule has 2 N–H and O–H groups in total. The minimum atomic E-state index is -0.501. The molecular formula is C24H25N3O2. The number of fused-ring (bicyclic) bond motifs is 7. The highest BCUT2D eigenvalue weighted by molar-refractivity contribution is 6.03. The van der Waals surface area contributed by atoms with Gasteiger partial charge in [0.15, 0.2) is 0 Å². The number of hydrogen-bond donors (Lipinski definition) is 2. The number of aromatic amines is 1. The zero-order chi connectivity index (χ0) is 20.1. The van der Waals surface area contributed by atoms with E-state index in [9.17, 15) is 9.59 Å². The number of nitrogens with one attached hydrogen (secondary N) is 2. The van der Waals surface area contributed by atoms with Gasteiger partial charge in [0.05, 0.1) is 6.04 Å². The first kappa shape index (κ1) is 18.0. The summed E-state index contributed by atoms with van der Waals surface area (Å²) >= 11 is 0. The van der Waals surface area contributed by atoms with Crippen LogP contribution in [0.2, 0.25) is 0 Å². The van der Waals surface area contributed by atoms with Crippen LogP contribution in [0.3, 0.4) is 0 Å². The lowest BCUT2D eigenvalue weighted by Gasteiger charge is -2.37. The van der Waals surface area contributed by atoms with Crippen LogP contribution in [0.1, 0.15) is 53.5 Å². The summed E-state index contributed by atoms with van der Waals surface area (Å²) in [5.41, 5.74) is 4.91. The lowest BCUT2D eigenvalue weighted by molar-refractivity contribution is -0.126. The van der Waals surface area contributed by atoms with Crippen molar-refractivity contribution in [1.29, 1.82) is 0 Å². The van der Waals surface area contributed by atoms with Gasteiger partial charge in [0.25, 0.3) is 5.91 Å². The SMILES string of the molecule is CC(C)CCNC(=O)[C@@H]1Cc2c([nH]c3ccccc23)[C@H]2c3ccccc3C(=O)N21. The minimum Gasteiger partial charge on any atom is -0.356 e. The highest BCUT2D eigenvalue weighted by Gasteiger charge is 2.48. The monoisotopic (exact) mass is 387 g/mol. The van der Waals surface area contributed by atoms with Crippen LogP contribution in [-0.4, -0.2) is 34.3 Å². The average Bonchev–Trinajstić information content (AvgIpc) is 3.23. The summed E-state index contributed by atoms with van der Waals surface area (Å²) < 4.78 is 0. The van der Waals surface area contributed by atoms with Crippen molar-refractivity contribution < 1.29 is 9.59 Å². The van der Waals surface area contributed by atoms with Gasteiger partial charge in [-0.15, -0.1) is 0 Å². The van der Waals surface area contributed by atoms with Crippen LogP contribution in [-0.2, 0) is 11.2 Å². The van der Waals surface area contributed by atoms with Gasteiger partial charge in [-0.25, -0.2) is 0 Å². The van der Waals surface area contributed by atoms with Crippen LogP contribution in [0.15, 0.2) is 48.5 Å². The van der Waals surface area contributed by atoms with Crippen LogP contribution in [0.4, 0.5) is 0 Å². The van der Waals surface area contributed by atoms with Gasteiger partial charge in [0.2, 0.25) is 5.91 Å². The fourth-order valence-corrected chi connectivity index (χ4v) is 4.74.